The molecule has 2 fully saturated rings. The van der Waals surface area contributed by atoms with Crippen LogP contribution in [0, 0.1) is 11.7 Å². The monoisotopic (exact) mass is 354 g/mol. The first-order valence-electron chi connectivity index (χ1n) is 8.60. The summed E-state index contributed by atoms with van der Waals surface area (Å²) in [6.45, 7) is 3.28. The van der Waals surface area contributed by atoms with Gasteiger partial charge in [0.2, 0.25) is 5.91 Å². The van der Waals surface area contributed by atoms with Gasteiger partial charge in [0.1, 0.15) is 5.82 Å². The highest BCUT2D eigenvalue weighted by molar-refractivity contribution is 6.31. The first kappa shape index (κ1) is 17.6. The fourth-order valence-corrected chi connectivity index (χ4v) is 3.74. The molecule has 2 aliphatic heterocycles. The van der Waals surface area contributed by atoms with Crippen molar-refractivity contribution >= 4 is 23.2 Å². The zero-order chi connectivity index (χ0) is 17.1. The summed E-state index contributed by atoms with van der Waals surface area (Å²) in [5, 5.41) is 0.0524. The Balaban J connectivity index is 1.57. The standard InChI is InChI=1S/C18H24ClFN2O2/c1-21(8-4-13-6-10-24-11-7-13)17-5-9-22(18(17)23)14-2-3-16(20)15(19)12-14/h2-3,12-13,17H,4-11H2,1H3. The Morgan fingerprint density at radius 1 is 1.33 bits per heavy atom. The summed E-state index contributed by atoms with van der Waals surface area (Å²) in [7, 11) is 2.02. The molecule has 0 radical (unpaired) electrons. The maximum Gasteiger partial charge on any atom is 0.244 e. The molecule has 2 heterocycles. The van der Waals surface area contributed by atoms with E-state index in [1.807, 2.05) is 7.05 Å². The van der Waals surface area contributed by atoms with E-state index in [1.54, 1.807) is 11.0 Å². The van der Waals surface area contributed by atoms with E-state index in [0.717, 1.165) is 45.4 Å². The van der Waals surface area contributed by atoms with Gasteiger partial charge in [0, 0.05) is 25.4 Å². The maximum absolute atomic E-state index is 13.3. The fraction of sp³-hybridized carbons (Fsp3) is 0.611. The van der Waals surface area contributed by atoms with Crippen LogP contribution < -0.4 is 4.90 Å². The normalized spacial score (nSPS) is 22.6. The first-order chi connectivity index (χ1) is 11.6. The lowest BCUT2D eigenvalue weighted by atomic mass is 9.96. The number of rotatable bonds is 5. The van der Waals surface area contributed by atoms with Gasteiger partial charge in [0.15, 0.2) is 0 Å². The lowest BCUT2D eigenvalue weighted by Crippen LogP contribution is -2.40. The molecule has 2 aliphatic rings. The number of hydrogen-bond acceptors (Lipinski definition) is 3. The Bertz CT molecular complexity index is 592. The van der Waals surface area contributed by atoms with Crippen LogP contribution in [0.25, 0.3) is 0 Å². The van der Waals surface area contributed by atoms with E-state index in [9.17, 15) is 9.18 Å². The van der Waals surface area contributed by atoms with Crippen molar-refractivity contribution in [1.82, 2.24) is 4.90 Å². The molecule has 6 heteroatoms. The molecule has 0 aliphatic carbocycles. The van der Waals surface area contributed by atoms with Crippen LogP contribution in [0.5, 0.6) is 0 Å². The summed E-state index contributed by atoms with van der Waals surface area (Å²) in [6, 6.07) is 4.35. The lowest BCUT2D eigenvalue weighted by Gasteiger charge is -2.27. The fourth-order valence-electron chi connectivity index (χ4n) is 3.56. The van der Waals surface area contributed by atoms with Crippen molar-refractivity contribution in [2.45, 2.75) is 31.7 Å². The Morgan fingerprint density at radius 3 is 2.79 bits per heavy atom. The van der Waals surface area contributed by atoms with Gasteiger partial charge in [0.05, 0.1) is 11.1 Å². The molecule has 0 spiro atoms. The number of carbonyl (C=O) groups excluding carboxylic acids is 1. The summed E-state index contributed by atoms with van der Waals surface area (Å²) in [5.41, 5.74) is 0.673. The highest BCUT2D eigenvalue weighted by Gasteiger charge is 2.35. The summed E-state index contributed by atoms with van der Waals surface area (Å²) in [6.07, 6.45) is 4.13. The van der Waals surface area contributed by atoms with E-state index in [2.05, 4.69) is 4.90 Å². The second-order valence-electron chi connectivity index (χ2n) is 6.72. The van der Waals surface area contributed by atoms with Gasteiger partial charge < -0.3 is 9.64 Å². The van der Waals surface area contributed by atoms with E-state index in [4.69, 9.17) is 16.3 Å². The summed E-state index contributed by atoms with van der Waals surface area (Å²) >= 11 is 5.84. The molecule has 132 valence electrons. The molecule has 24 heavy (non-hydrogen) atoms. The Morgan fingerprint density at radius 2 is 2.08 bits per heavy atom. The highest BCUT2D eigenvalue weighted by atomic mass is 35.5. The topological polar surface area (TPSA) is 32.8 Å². The number of amides is 1. The quantitative estimate of drug-likeness (QED) is 0.813. The van der Waals surface area contributed by atoms with Crippen LogP contribution in [0.2, 0.25) is 5.02 Å². The van der Waals surface area contributed by atoms with Crippen molar-refractivity contribution in [2.75, 3.05) is 38.3 Å². The van der Waals surface area contributed by atoms with Crippen LogP contribution in [-0.2, 0) is 9.53 Å². The minimum absolute atomic E-state index is 0.0524. The first-order valence-corrected chi connectivity index (χ1v) is 8.98. The van der Waals surface area contributed by atoms with Crippen LogP contribution >= 0.6 is 11.6 Å². The van der Waals surface area contributed by atoms with Crippen molar-refractivity contribution in [1.29, 1.82) is 0 Å². The molecule has 0 saturated carbocycles. The summed E-state index contributed by atoms with van der Waals surface area (Å²) in [5.74, 6) is 0.314. The van der Waals surface area contributed by atoms with Gasteiger partial charge in [-0.15, -0.1) is 0 Å². The second kappa shape index (κ2) is 7.81. The van der Waals surface area contributed by atoms with Crippen LogP contribution in [0.1, 0.15) is 25.7 Å². The van der Waals surface area contributed by atoms with E-state index in [1.165, 1.54) is 12.1 Å². The van der Waals surface area contributed by atoms with Crippen LogP contribution in [0.3, 0.4) is 0 Å². The minimum Gasteiger partial charge on any atom is -0.381 e. The third kappa shape index (κ3) is 3.90. The van der Waals surface area contributed by atoms with Crippen LogP contribution in [0.15, 0.2) is 18.2 Å². The van der Waals surface area contributed by atoms with Gasteiger partial charge in [0.25, 0.3) is 0 Å². The van der Waals surface area contributed by atoms with Crippen LogP contribution in [-0.4, -0.2) is 50.2 Å². The van der Waals surface area contributed by atoms with E-state index >= 15 is 0 Å². The zero-order valence-electron chi connectivity index (χ0n) is 14.0. The predicted molar refractivity (Wildman–Crippen MR) is 93.0 cm³/mol. The molecule has 1 amide bonds. The van der Waals surface area contributed by atoms with Crippen molar-refractivity contribution in [2.24, 2.45) is 5.92 Å². The molecule has 2 saturated heterocycles. The average Bonchev–Trinajstić information content (AvgIpc) is 2.98. The van der Waals surface area contributed by atoms with Crippen molar-refractivity contribution in [3.05, 3.63) is 29.0 Å². The number of benzene rings is 1. The number of hydrogen-bond donors (Lipinski definition) is 0. The number of anilines is 1. The third-order valence-electron chi connectivity index (χ3n) is 5.16. The van der Waals surface area contributed by atoms with Gasteiger partial charge >= 0.3 is 0 Å². The molecule has 0 N–H and O–H groups in total. The molecule has 0 aromatic heterocycles. The third-order valence-corrected chi connectivity index (χ3v) is 5.44. The number of halogens is 2. The average molecular weight is 355 g/mol. The Hall–Kier alpha value is -1.17. The smallest absolute Gasteiger partial charge is 0.244 e. The van der Waals surface area contributed by atoms with E-state index < -0.39 is 5.82 Å². The van der Waals surface area contributed by atoms with Gasteiger partial charge in [-0.05, 0) is 63.4 Å². The molecular formula is C18H24ClFN2O2. The van der Waals surface area contributed by atoms with Crippen molar-refractivity contribution < 1.29 is 13.9 Å². The SMILES string of the molecule is CN(CCC1CCOCC1)C1CCN(c2ccc(F)c(Cl)c2)C1=O. The van der Waals surface area contributed by atoms with E-state index in [0.29, 0.717) is 18.2 Å². The van der Waals surface area contributed by atoms with Gasteiger partial charge in [-0.2, -0.15) is 0 Å². The lowest BCUT2D eigenvalue weighted by molar-refractivity contribution is -0.121. The largest absolute Gasteiger partial charge is 0.381 e. The number of nitrogens with zero attached hydrogens (tertiary/aromatic N) is 2. The van der Waals surface area contributed by atoms with E-state index in [-0.39, 0.29) is 17.0 Å². The molecule has 3 rings (SSSR count). The minimum atomic E-state index is -0.461. The molecule has 1 unspecified atom stereocenters. The highest BCUT2D eigenvalue weighted by Crippen LogP contribution is 2.28. The van der Waals surface area contributed by atoms with Gasteiger partial charge in [-0.3, -0.25) is 9.69 Å². The summed E-state index contributed by atoms with van der Waals surface area (Å²) < 4.78 is 18.7. The van der Waals surface area contributed by atoms with Crippen molar-refractivity contribution in [3.8, 4) is 0 Å². The maximum atomic E-state index is 13.3. The number of likely N-dealkylation sites (N-methyl/N-ethyl adjacent to an activating group) is 1. The van der Waals surface area contributed by atoms with Gasteiger partial charge in [-0.1, -0.05) is 11.6 Å². The van der Waals surface area contributed by atoms with Gasteiger partial charge in [-0.25, -0.2) is 4.39 Å². The van der Waals surface area contributed by atoms with Crippen molar-refractivity contribution in [3.63, 3.8) is 0 Å². The number of ether oxygens (including phenoxy) is 1. The number of carbonyl (C=O) groups is 1. The molecule has 1 aromatic carbocycles. The zero-order valence-corrected chi connectivity index (χ0v) is 14.8. The Kier molecular flexibility index (Phi) is 5.74. The molecule has 0 bridgehead atoms. The molecule has 1 atom stereocenters. The molecule has 4 nitrogen and oxygen atoms in total. The Labute approximate surface area is 147 Å². The second-order valence-corrected chi connectivity index (χ2v) is 7.12. The van der Waals surface area contributed by atoms with Crippen LogP contribution in [0.4, 0.5) is 10.1 Å². The predicted octanol–water partition coefficient (Wildman–Crippen LogP) is 3.33. The molecular weight excluding hydrogens is 331 g/mol. The summed E-state index contributed by atoms with van der Waals surface area (Å²) in [4.78, 5) is 16.6. The molecule has 1 aromatic rings.